The van der Waals surface area contributed by atoms with Crippen LogP contribution in [0.25, 0.3) is 0 Å². The summed E-state index contributed by atoms with van der Waals surface area (Å²) in [6.45, 7) is 0. The molecule has 2 fully saturated rings. The predicted octanol–water partition coefficient (Wildman–Crippen LogP) is 1.21. The van der Waals surface area contributed by atoms with Crippen LogP contribution in [-0.2, 0) is 9.59 Å². The number of nitrogens with zero attached hydrogens (tertiary/aromatic N) is 1. The van der Waals surface area contributed by atoms with Gasteiger partial charge in [-0.25, -0.2) is 9.29 Å². The van der Waals surface area contributed by atoms with Crippen molar-refractivity contribution in [2.24, 2.45) is 0 Å². The monoisotopic (exact) mass is 248 g/mol. The highest BCUT2D eigenvalue weighted by molar-refractivity contribution is 6.22. The lowest BCUT2D eigenvalue weighted by atomic mass is 10.2. The fourth-order valence-corrected chi connectivity index (χ4v) is 2.16. The summed E-state index contributed by atoms with van der Waals surface area (Å²) in [6.07, 6.45) is 2.32. The molecule has 1 aliphatic carbocycles. The number of hydrogen-bond donors (Lipinski definition) is 1. The number of halogens is 1. The van der Waals surface area contributed by atoms with Crippen molar-refractivity contribution in [3.05, 3.63) is 30.1 Å². The molecule has 1 atom stereocenters. The lowest BCUT2D eigenvalue weighted by Crippen LogP contribution is -2.39. The summed E-state index contributed by atoms with van der Waals surface area (Å²) in [5.41, 5.74) is 0.437. The van der Waals surface area contributed by atoms with Crippen LogP contribution in [-0.4, -0.2) is 23.9 Å². The van der Waals surface area contributed by atoms with Gasteiger partial charge in [0.05, 0.1) is 18.2 Å². The minimum atomic E-state index is -0.421. The van der Waals surface area contributed by atoms with Crippen molar-refractivity contribution in [1.82, 2.24) is 5.32 Å². The Labute approximate surface area is 104 Å². The molecule has 0 radical (unpaired) electrons. The molecule has 1 aromatic carbocycles. The predicted molar refractivity (Wildman–Crippen MR) is 63.5 cm³/mol. The Hall–Kier alpha value is -1.75. The third-order valence-corrected chi connectivity index (χ3v) is 3.25. The van der Waals surface area contributed by atoms with Gasteiger partial charge in [0, 0.05) is 6.04 Å². The number of anilines is 1. The lowest BCUT2D eigenvalue weighted by molar-refractivity contribution is -0.121. The van der Waals surface area contributed by atoms with Crippen molar-refractivity contribution < 1.29 is 14.0 Å². The van der Waals surface area contributed by atoms with E-state index < -0.39 is 6.04 Å². The lowest BCUT2D eigenvalue weighted by Gasteiger charge is -2.15. The van der Waals surface area contributed by atoms with Crippen LogP contribution in [0.15, 0.2) is 24.3 Å². The van der Waals surface area contributed by atoms with Crippen LogP contribution in [0.3, 0.4) is 0 Å². The summed E-state index contributed by atoms with van der Waals surface area (Å²) >= 11 is 0. The molecule has 1 aliphatic heterocycles. The largest absolute Gasteiger partial charge is 0.303 e. The smallest absolute Gasteiger partial charge is 0.251 e. The van der Waals surface area contributed by atoms with Gasteiger partial charge >= 0.3 is 0 Å². The molecule has 0 aromatic heterocycles. The standard InChI is InChI=1S/C13H13FN2O2/c14-8-1-5-10(6-2-8)16-12(17)7-11(13(16)18)15-9-3-4-9/h1-2,5-6,9,11,15H,3-4,7H2/t11-/m0/s1. The molecule has 1 N–H and O–H groups in total. The van der Waals surface area contributed by atoms with Gasteiger partial charge in [-0.15, -0.1) is 0 Å². The van der Waals surface area contributed by atoms with Crippen LogP contribution in [0.4, 0.5) is 10.1 Å². The maximum Gasteiger partial charge on any atom is 0.251 e. The second kappa shape index (κ2) is 4.17. The van der Waals surface area contributed by atoms with E-state index in [1.54, 1.807) is 0 Å². The van der Waals surface area contributed by atoms with Gasteiger partial charge in [0.1, 0.15) is 5.82 Å². The van der Waals surface area contributed by atoms with Gasteiger partial charge < -0.3 is 5.32 Å². The molecule has 4 nitrogen and oxygen atoms in total. The van der Waals surface area contributed by atoms with E-state index in [0.29, 0.717) is 11.7 Å². The molecule has 18 heavy (non-hydrogen) atoms. The zero-order valence-corrected chi connectivity index (χ0v) is 9.73. The normalized spacial score (nSPS) is 23.8. The summed E-state index contributed by atoms with van der Waals surface area (Å²) in [6, 6.07) is 5.35. The summed E-state index contributed by atoms with van der Waals surface area (Å²) < 4.78 is 12.8. The highest BCUT2D eigenvalue weighted by Crippen LogP contribution is 2.26. The summed E-state index contributed by atoms with van der Waals surface area (Å²) in [7, 11) is 0. The quantitative estimate of drug-likeness (QED) is 0.818. The van der Waals surface area contributed by atoms with E-state index in [2.05, 4.69) is 5.32 Å². The second-order valence-electron chi connectivity index (χ2n) is 4.74. The van der Waals surface area contributed by atoms with E-state index in [0.717, 1.165) is 17.7 Å². The number of amides is 2. The molecule has 0 spiro atoms. The third-order valence-electron chi connectivity index (χ3n) is 3.25. The Morgan fingerprint density at radius 1 is 1.17 bits per heavy atom. The zero-order chi connectivity index (χ0) is 12.7. The first-order chi connectivity index (χ1) is 8.65. The zero-order valence-electron chi connectivity index (χ0n) is 9.73. The van der Waals surface area contributed by atoms with Crippen LogP contribution in [0.1, 0.15) is 19.3 Å². The number of nitrogens with one attached hydrogen (secondary N) is 1. The van der Waals surface area contributed by atoms with E-state index in [1.807, 2.05) is 0 Å². The Morgan fingerprint density at radius 3 is 2.44 bits per heavy atom. The minimum absolute atomic E-state index is 0.187. The number of hydrogen-bond acceptors (Lipinski definition) is 3. The van der Waals surface area contributed by atoms with E-state index in [1.165, 1.54) is 24.3 Å². The number of imide groups is 1. The Balaban J connectivity index is 1.80. The summed E-state index contributed by atoms with van der Waals surface area (Å²) in [5, 5.41) is 3.16. The Bertz CT molecular complexity index is 496. The number of benzene rings is 1. The number of carbonyl (C=O) groups excluding carboxylic acids is 2. The fraction of sp³-hybridized carbons (Fsp3) is 0.385. The van der Waals surface area contributed by atoms with Gasteiger partial charge in [-0.2, -0.15) is 0 Å². The van der Waals surface area contributed by atoms with E-state index in [9.17, 15) is 14.0 Å². The van der Waals surface area contributed by atoms with Crippen LogP contribution in [0.2, 0.25) is 0 Å². The van der Waals surface area contributed by atoms with Crippen LogP contribution >= 0.6 is 0 Å². The maximum atomic E-state index is 12.8. The average Bonchev–Trinajstić information content (AvgIpc) is 3.10. The van der Waals surface area contributed by atoms with Crippen LogP contribution < -0.4 is 10.2 Å². The van der Waals surface area contributed by atoms with E-state index in [4.69, 9.17) is 0 Å². The first-order valence-corrected chi connectivity index (χ1v) is 6.03. The van der Waals surface area contributed by atoms with Gasteiger partial charge in [0.15, 0.2) is 0 Å². The fourth-order valence-electron chi connectivity index (χ4n) is 2.16. The van der Waals surface area contributed by atoms with Gasteiger partial charge in [-0.3, -0.25) is 9.59 Å². The molecule has 0 unspecified atom stereocenters. The van der Waals surface area contributed by atoms with E-state index >= 15 is 0 Å². The topological polar surface area (TPSA) is 49.4 Å². The van der Waals surface area contributed by atoms with Crippen molar-refractivity contribution in [3.63, 3.8) is 0 Å². The van der Waals surface area contributed by atoms with Crippen molar-refractivity contribution in [3.8, 4) is 0 Å². The molecule has 94 valence electrons. The molecule has 1 aromatic rings. The average molecular weight is 248 g/mol. The Morgan fingerprint density at radius 2 is 1.83 bits per heavy atom. The van der Waals surface area contributed by atoms with Crippen molar-refractivity contribution in [2.45, 2.75) is 31.3 Å². The third kappa shape index (κ3) is 2.01. The first kappa shape index (κ1) is 11.3. The van der Waals surface area contributed by atoms with E-state index in [-0.39, 0.29) is 24.1 Å². The van der Waals surface area contributed by atoms with Crippen molar-refractivity contribution in [1.29, 1.82) is 0 Å². The minimum Gasteiger partial charge on any atom is -0.303 e. The van der Waals surface area contributed by atoms with Crippen molar-refractivity contribution in [2.75, 3.05) is 4.90 Å². The molecule has 1 saturated carbocycles. The molecule has 5 heteroatoms. The second-order valence-corrected chi connectivity index (χ2v) is 4.74. The highest BCUT2D eigenvalue weighted by atomic mass is 19.1. The van der Waals surface area contributed by atoms with Gasteiger partial charge in [-0.1, -0.05) is 0 Å². The van der Waals surface area contributed by atoms with Gasteiger partial charge in [0.25, 0.3) is 5.91 Å². The van der Waals surface area contributed by atoms with Gasteiger partial charge in [-0.05, 0) is 37.1 Å². The van der Waals surface area contributed by atoms with Crippen LogP contribution in [0, 0.1) is 5.82 Å². The van der Waals surface area contributed by atoms with Crippen molar-refractivity contribution >= 4 is 17.5 Å². The van der Waals surface area contributed by atoms with Gasteiger partial charge in [0.2, 0.25) is 5.91 Å². The molecule has 3 rings (SSSR count). The van der Waals surface area contributed by atoms with Crippen LogP contribution in [0.5, 0.6) is 0 Å². The molecular formula is C13H13FN2O2. The number of rotatable bonds is 3. The molecular weight excluding hydrogens is 235 g/mol. The Kier molecular flexibility index (Phi) is 2.63. The molecule has 2 amide bonds. The highest BCUT2D eigenvalue weighted by Gasteiger charge is 2.41. The number of carbonyl (C=O) groups is 2. The molecule has 1 heterocycles. The molecule has 2 aliphatic rings. The molecule has 1 saturated heterocycles. The summed E-state index contributed by atoms with van der Waals surface area (Å²) in [4.78, 5) is 25.1. The first-order valence-electron chi connectivity index (χ1n) is 6.03. The SMILES string of the molecule is O=C1C[C@H](NC2CC2)C(=O)N1c1ccc(F)cc1. The maximum absolute atomic E-state index is 12.8. The molecule has 0 bridgehead atoms. The summed E-state index contributed by atoms with van der Waals surface area (Å²) in [5.74, 6) is -0.853.